The van der Waals surface area contributed by atoms with Gasteiger partial charge in [0, 0.05) is 12.8 Å². The van der Waals surface area contributed by atoms with Gasteiger partial charge >= 0.3 is 5.97 Å². The molecule has 0 aromatic carbocycles. The Morgan fingerprint density at radius 3 is 2.64 bits per heavy atom. The van der Waals surface area contributed by atoms with Crippen LogP contribution < -0.4 is 0 Å². The molecule has 0 spiro atoms. The largest absolute Gasteiger partial charge is 0.372 e. The van der Waals surface area contributed by atoms with Crippen LogP contribution in [0.25, 0.3) is 0 Å². The van der Waals surface area contributed by atoms with E-state index < -0.39 is 0 Å². The monoisotopic (exact) mass is 340 g/mol. The number of carbonyl (C=O) groups excluding carboxylic acids is 1. The summed E-state index contributed by atoms with van der Waals surface area (Å²) in [6.45, 7) is 6.49. The lowest BCUT2D eigenvalue weighted by molar-refractivity contribution is -0.134. The molecular formula is C23H32O2. The number of hydrogen-bond acceptors (Lipinski definition) is 2. The highest BCUT2D eigenvalue weighted by molar-refractivity contribution is 5.67. The minimum absolute atomic E-state index is 0.299. The predicted molar refractivity (Wildman–Crippen MR) is 99.3 cm³/mol. The van der Waals surface area contributed by atoms with Gasteiger partial charge in [0.15, 0.2) is 0 Å². The van der Waals surface area contributed by atoms with E-state index in [1.54, 1.807) is 0 Å². The molecule has 25 heavy (non-hydrogen) atoms. The van der Waals surface area contributed by atoms with E-state index in [4.69, 9.17) is 4.74 Å². The molecule has 4 rings (SSSR count). The van der Waals surface area contributed by atoms with Crippen molar-refractivity contribution >= 4 is 5.97 Å². The average molecular weight is 341 g/mol. The van der Waals surface area contributed by atoms with E-state index in [0.717, 1.165) is 23.7 Å². The molecule has 4 aliphatic rings. The lowest BCUT2D eigenvalue weighted by Crippen LogP contribution is -2.52. The highest BCUT2D eigenvalue weighted by Crippen LogP contribution is 2.66. The number of allylic oxidation sites excluding steroid dienone is 2. The molecular weight excluding hydrogens is 308 g/mol. The summed E-state index contributed by atoms with van der Waals surface area (Å²) in [4.78, 5) is 11.0. The van der Waals surface area contributed by atoms with Crippen molar-refractivity contribution in [2.75, 3.05) is 0 Å². The van der Waals surface area contributed by atoms with Crippen molar-refractivity contribution in [2.45, 2.75) is 72.1 Å². The van der Waals surface area contributed by atoms with Gasteiger partial charge in [-0.05, 0) is 85.9 Å². The second-order valence-corrected chi connectivity index (χ2v) is 9.58. The van der Waals surface area contributed by atoms with Gasteiger partial charge in [0.05, 0.1) is 0 Å². The van der Waals surface area contributed by atoms with Crippen molar-refractivity contribution in [1.29, 1.82) is 0 Å². The van der Waals surface area contributed by atoms with Crippen LogP contribution in [0, 0.1) is 52.4 Å². The fourth-order valence-electron chi connectivity index (χ4n) is 7.25. The first-order valence-corrected chi connectivity index (χ1v) is 10.3. The Morgan fingerprint density at radius 1 is 1.04 bits per heavy atom. The maximum atomic E-state index is 11.0. The van der Waals surface area contributed by atoms with Gasteiger partial charge in [-0.25, -0.2) is 0 Å². The number of carbonyl (C=O) groups is 1. The first kappa shape index (κ1) is 17.2. The van der Waals surface area contributed by atoms with Crippen LogP contribution in [0.2, 0.25) is 0 Å². The molecule has 0 heterocycles. The lowest BCUT2D eigenvalue weighted by Gasteiger charge is -2.59. The number of ether oxygens (including phenoxy) is 1. The summed E-state index contributed by atoms with van der Waals surface area (Å²) in [5, 5.41) is 0. The molecule has 2 nitrogen and oxygen atoms in total. The molecule has 0 amide bonds. The minimum atomic E-state index is -0.299. The third-order valence-corrected chi connectivity index (χ3v) is 8.64. The van der Waals surface area contributed by atoms with Crippen molar-refractivity contribution < 1.29 is 9.53 Å². The van der Waals surface area contributed by atoms with Crippen LogP contribution >= 0.6 is 0 Å². The first-order valence-electron chi connectivity index (χ1n) is 10.3. The zero-order valence-electron chi connectivity index (χ0n) is 16.0. The summed E-state index contributed by atoms with van der Waals surface area (Å²) in [5.74, 6) is 6.91. The van der Waals surface area contributed by atoms with Crippen molar-refractivity contribution in [2.24, 2.45) is 40.4 Å². The fourth-order valence-corrected chi connectivity index (χ4v) is 7.25. The Labute approximate surface area is 152 Å². The summed E-state index contributed by atoms with van der Waals surface area (Å²) < 4.78 is 4.91. The summed E-state index contributed by atoms with van der Waals surface area (Å²) in [7, 11) is 0. The Kier molecular flexibility index (Phi) is 4.25. The second kappa shape index (κ2) is 6.19. The number of esters is 1. The summed E-state index contributed by atoms with van der Waals surface area (Å²) in [6.07, 6.45) is 18.2. The molecule has 0 aromatic heterocycles. The predicted octanol–water partition coefficient (Wildman–Crippen LogP) is 5.34. The highest BCUT2D eigenvalue weighted by Gasteiger charge is 2.59. The molecule has 0 saturated heterocycles. The minimum Gasteiger partial charge on any atom is -0.372 e. The van der Waals surface area contributed by atoms with E-state index in [-0.39, 0.29) is 5.97 Å². The van der Waals surface area contributed by atoms with Gasteiger partial charge in [-0.1, -0.05) is 31.9 Å². The SMILES string of the molecule is CC(=O)OC#C[C@@H]1CC[C@H]2[C@@H]3CC[C@H]4CC=CC[C@]4(C)[C@H]3CC[C@]12C. The Balaban J connectivity index is 1.56. The average Bonchev–Trinajstić information content (AvgIpc) is 2.91. The van der Waals surface area contributed by atoms with Gasteiger partial charge in [-0.15, -0.1) is 0 Å². The lowest BCUT2D eigenvalue weighted by atomic mass is 9.45. The van der Waals surface area contributed by atoms with Crippen LogP contribution in [0.15, 0.2) is 12.2 Å². The summed E-state index contributed by atoms with van der Waals surface area (Å²) >= 11 is 0. The van der Waals surface area contributed by atoms with Gasteiger partial charge < -0.3 is 4.74 Å². The molecule has 7 atom stereocenters. The maximum Gasteiger partial charge on any atom is 0.316 e. The van der Waals surface area contributed by atoms with E-state index in [9.17, 15) is 4.79 Å². The molecule has 3 saturated carbocycles. The molecule has 2 heteroatoms. The topological polar surface area (TPSA) is 26.3 Å². The van der Waals surface area contributed by atoms with Gasteiger partial charge in [0.2, 0.25) is 0 Å². The molecule has 0 aromatic rings. The van der Waals surface area contributed by atoms with Crippen LogP contribution in [-0.4, -0.2) is 5.97 Å². The normalized spacial score (nSPS) is 47.7. The zero-order valence-corrected chi connectivity index (χ0v) is 16.0. The Morgan fingerprint density at radius 2 is 1.84 bits per heavy atom. The molecule has 0 aliphatic heterocycles. The highest BCUT2D eigenvalue weighted by atomic mass is 16.5. The number of rotatable bonds is 0. The van der Waals surface area contributed by atoms with Crippen molar-refractivity contribution in [3.63, 3.8) is 0 Å². The number of hydrogen-bond donors (Lipinski definition) is 0. The van der Waals surface area contributed by atoms with E-state index in [2.05, 4.69) is 38.0 Å². The van der Waals surface area contributed by atoms with Gasteiger partial charge in [0.25, 0.3) is 0 Å². The van der Waals surface area contributed by atoms with Crippen LogP contribution in [0.4, 0.5) is 0 Å². The third kappa shape index (κ3) is 2.66. The quantitative estimate of drug-likeness (QED) is 0.338. The third-order valence-electron chi connectivity index (χ3n) is 8.64. The molecule has 0 bridgehead atoms. The molecule has 136 valence electrons. The zero-order chi connectivity index (χ0) is 17.7. The van der Waals surface area contributed by atoms with Crippen LogP contribution in [0.1, 0.15) is 72.1 Å². The van der Waals surface area contributed by atoms with Crippen LogP contribution in [0.5, 0.6) is 0 Å². The van der Waals surface area contributed by atoms with Gasteiger partial charge in [0.1, 0.15) is 6.11 Å². The summed E-state index contributed by atoms with van der Waals surface area (Å²) in [5.41, 5.74) is 0.850. The van der Waals surface area contributed by atoms with Crippen molar-refractivity contribution in [3.8, 4) is 12.0 Å². The smallest absolute Gasteiger partial charge is 0.316 e. The standard InChI is InChI=1S/C23H32O2/c1-16(24)25-15-12-18-8-10-20-19-9-7-17-6-4-5-13-22(17,2)21(19)11-14-23(18,20)3/h4-5,17-21H,6-11,13-14H2,1-3H3/t17-,18+,19+,20+,21+,22+,23-/m1/s1. The van der Waals surface area contributed by atoms with E-state index in [1.807, 2.05) is 0 Å². The van der Waals surface area contributed by atoms with E-state index >= 15 is 0 Å². The molecule has 0 N–H and O–H groups in total. The summed E-state index contributed by atoms with van der Waals surface area (Å²) in [6, 6.07) is 0. The van der Waals surface area contributed by atoms with Crippen LogP contribution in [-0.2, 0) is 9.53 Å². The van der Waals surface area contributed by atoms with E-state index in [1.165, 1.54) is 58.3 Å². The maximum absolute atomic E-state index is 11.0. The van der Waals surface area contributed by atoms with E-state index in [0.29, 0.717) is 16.7 Å². The Hall–Kier alpha value is -1.23. The fraction of sp³-hybridized carbons (Fsp3) is 0.783. The van der Waals surface area contributed by atoms with Gasteiger partial charge in [-0.2, -0.15) is 0 Å². The van der Waals surface area contributed by atoms with Crippen LogP contribution in [0.3, 0.4) is 0 Å². The molecule has 3 fully saturated rings. The first-order chi connectivity index (χ1) is 11.9. The Bertz CT molecular complexity index is 638. The molecule has 0 unspecified atom stereocenters. The van der Waals surface area contributed by atoms with Crippen molar-refractivity contribution in [3.05, 3.63) is 12.2 Å². The number of fused-ring (bicyclic) bond motifs is 5. The molecule has 0 radical (unpaired) electrons. The van der Waals surface area contributed by atoms with Crippen molar-refractivity contribution in [1.82, 2.24) is 0 Å². The molecule has 4 aliphatic carbocycles. The second-order valence-electron chi connectivity index (χ2n) is 9.58. The van der Waals surface area contributed by atoms with Gasteiger partial charge in [-0.3, -0.25) is 4.79 Å².